The zero-order chi connectivity index (χ0) is 13.1. The van der Waals surface area contributed by atoms with Crippen molar-refractivity contribution in [2.75, 3.05) is 6.54 Å². The first-order chi connectivity index (χ1) is 8.58. The van der Waals surface area contributed by atoms with Crippen LogP contribution in [-0.2, 0) is 7.05 Å². The van der Waals surface area contributed by atoms with E-state index in [9.17, 15) is 4.79 Å². The Balaban J connectivity index is 1.83. The average Bonchev–Trinajstić information content (AvgIpc) is 2.69. The lowest BCUT2D eigenvalue weighted by atomic mass is 9.86. The highest BCUT2D eigenvalue weighted by atomic mass is 16.1. The number of nitrogens with two attached hydrogens (primary N) is 1. The van der Waals surface area contributed by atoms with E-state index in [1.54, 1.807) is 10.9 Å². The van der Waals surface area contributed by atoms with Crippen LogP contribution >= 0.6 is 0 Å². The third kappa shape index (κ3) is 2.90. The van der Waals surface area contributed by atoms with E-state index in [0.29, 0.717) is 17.5 Å². The van der Waals surface area contributed by atoms with E-state index in [0.717, 1.165) is 37.9 Å². The van der Waals surface area contributed by atoms with E-state index in [4.69, 9.17) is 5.73 Å². The Morgan fingerprint density at radius 2 is 2.17 bits per heavy atom. The number of nitrogens with one attached hydrogen (secondary N) is 1. The molecule has 1 aliphatic rings. The summed E-state index contributed by atoms with van der Waals surface area (Å²) in [6, 6.07) is 0.359. The number of amides is 1. The molecule has 2 rings (SSSR count). The zero-order valence-electron chi connectivity index (χ0n) is 11.1. The van der Waals surface area contributed by atoms with Gasteiger partial charge in [0.1, 0.15) is 0 Å². The monoisotopic (exact) mass is 250 g/mol. The largest absolute Gasteiger partial charge is 0.352 e. The highest BCUT2D eigenvalue weighted by molar-refractivity contribution is 5.94. The van der Waals surface area contributed by atoms with Crippen molar-refractivity contribution in [1.82, 2.24) is 15.1 Å². The Morgan fingerprint density at radius 3 is 2.72 bits per heavy atom. The molecule has 1 amide bonds. The van der Waals surface area contributed by atoms with Gasteiger partial charge in [-0.2, -0.15) is 5.10 Å². The molecule has 0 atom stereocenters. The standard InChI is InChI=1S/C13H22N4O/c1-9-12(8-16-17(9)2)13(18)15-7-10-3-5-11(14)6-4-10/h8,10-11H,3-7,14H2,1-2H3,(H,15,18). The summed E-state index contributed by atoms with van der Waals surface area (Å²) in [6.07, 6.45) is 6.02. The molecule has 5 heteroatoms. The molecule has 1 aromatic heterocycles. The average molecular weight is 250 g/mol. The van der Waals surface area contributed by atoms with Gasteiger partial charge in [0.2, 0.25) is 0 Å². The maximum atomic E-state index is 12.0. The second-order valence-corrected chi connectivity index (χ2v) is 5.26. The third-order valence-electron chi connectivity index (χ3n) is 3.92. The zero-order valence-corrected chi connectivity index (χ0v) is 11.1. The summed E-state index contributed by atoms with van der Waals surface area (Å²) in [5.41, 5.74) is 7.44. The van der Waals surface area contributed by atoms with Crippen LogP contribution in [0.15, 0.2) is 6.20 Å². The van der Waals surface area contributed by atoms with Crippen molar-refractivity contribution in [3.05, 3.63) is 17.5 Å². The molecule has 0 aromatic carbocycles. The Labute approximate surface area is 108 Å². The van der Waals surface area contributed by atoms with Gasteiger partial charge in [-0.05, 0) is 38.5 Å². The van der Waals surface area contributed by atoms with Crippen LogP contribution in [0.25, 0.3) is 0 Å². The number of rotatable bonds is 3. The van der Waals surface area contributed by atoms with Crippen molar-refractivity contribution in [2.45, 2.75) is 38.6 Å². The van der Waals surface area contributed by atoms with E-state index in [1.807, 2.05) is 14.0 Å². The first kappa shape index (κ1) is 13.1. The maximum Gasteiger partial charge on any atom is 0.254 e. The summed E-state index contributed by atoms with van der Waals surface area (Å²) in [5, 5.41) is 7.09. The minimum Gasteiger partial charge on any atom is -0.352 e. The van der Waals surface area contributed by atoms with Crippen LogP contribution in [0.1, 0.15) is 41.7 Å². The molecule has 18 heavy (non-hydrogen) atoms. The van der Waals surface area contributed by atoms with Crippen LogP contribution < -0.4 is 11.1 Å². The molecule has 0 radical (unpaired) electrons. The predicted octanol–water partition coefficient (Wildman–Crippen LogP) is 0.976. The van der Waals surface area contributed by atoms with Crippen LogP contribution in [-0.4, -0.2) is 28.3 Å². The van der Waals surface area contributed by atoms with Gasteiger partial charge in [0.05, 0.1) is 11.8 Å². The normalized spacial score (nSPS) is 23.9. The van der Waals surface area contributed by atoms with Gasteiger partial charge in [-0.15, -0.1) is 0 Å². The van der Waals surface area contributed by atoms with Crippen molar-refractivity contribution in [1.29, 1.82) is 0 Å². The Hall–Kier alpha value is -1.36. The molecule has 5 nitrogen and oxygen atoms in total. The second kappa shape index (κ2) is 5.52. The van der Waals surface area contributed by atoms with Gasteiger partial charge in [-0.3, -0.25) is 9.48 Å². The molecule has 100 valence electrons. The number of carbonyl (C=O) groups excluding carboxylic acids is 1. The van der Waals surface area contributed by atoms with Crippen molar-refractivity contribution in [3.63, 3.8) is 0 Å². The first-order valence-electron chi connectivity index (χ1n) is 6.60. The van der Waals surface area contributed by atoms with E-state index < -0.39 is 0 Å². The lowest BCUT2D eigenvalue weighted by molar-refractivity contribution is 0.0942. The Kier molecular flexibility index (Phi) is 4.01. The van der Waals surface area contributed by atoms with Crippen molar-refractivity contribution >= 4 is 5.91 Å². The van der Waals surface area contributed by atoms with Crippen molar-refractivity contribution in [3.8, 4) is 0 Å². The number of hydrogen-bond donors (Lipinski definition) is 2. The van der Waals surface area contributed by atoms with Gasteiger partial charge in [-0.25, -0.2) is 0 Å². The van der Waals surface area contributed by atoms with Crippen LogP contribution in [0, 0.1) is 12.8 Å². The van der Waals surface area contributed by atoms with E-state index >= 15 is 0 Å². The molecule has 0 bridgehead atoms. The summed E-state index contributed by atoms with van der Waals surface area (Å²) < 4.78 is 1.72. The number of hydrogen-bond acceptors (Lipinski definition) is 3. The molecule has 1 saturated carbocycles. The fourth-order valence-electron chi connectivity index (χ4n) is 2.45. The van der Waals surface area contributed by atoms with Crippen LogP contribution in [0.4, 0.5) is 0 Å². The fraction of sp³-hybridized carbons (Fsp3) is 0.692. The molecule has 0 saturated heterocycles. The maximum absolute atomic E-state index is 12.0. The molecular weight excluding hydrogens is 228 g/mol. The summed E-state index contributed by atoms with van der Waals surface area (Å²) in [4.78, 5) is 12.0. The number of carbonyl (C=O) groups is 1. The van der Waals surface area contributed by atoms with Gasteiger partial charge < -0.3 is 11.1 Å². The van der Waals surface area contributed by atoms with Crippen molar-refractivity contribution in [2.24, 2.45) is 18.7 Å². The molecule has 1 fully saturated rings. The lowest BCUT2D eigenvalue weighted by Crippen LogP contribution is -2.34. The number of aromatic nitrogens is 2. The predicted molar refractivity (Wildman–Crippen MR) is 70.2 cm³/mol. The van der Waals surface area contributed by atoms with Gasteiger partial charge in [0, 0.05) is 25.3 Å². The summed E-state index contributed by atoms with van der Waals surface area (Å²) >= 11 is 0. The molecule has 0 aliphatic heterocycles. The van der Waals surface area contributed by atoms with Crippen LogP contribution in [0.5, 0.6) is 0 Å². The Morgan fingerprint density at radius 1 is 1.50 bits per heavy atom. The molecule has 3 N–H and O–H groups in total. The lowest BCUT2D eigenvalue weighted by Gasteiger charge is -2.26. The topological polar surface area (TPSA) is 72.9 Å². The Bertz CT molecular complexity index is 419. The molecule has 1 aromatic rings. The van der Waals surface area contributed by atoms with Gasteiger partial charge in [-0.1, -0.05) is 0 Å². The third-order valence-corrected chi connectivity index (χ3v) is 3.92. The molecule has 0 unspecified atom stereocenters. The number of nitrogens with zero attached hydrogens (tertiary/aromatic N) is 2. The number of aryl methyl sites for hydroxylation is 1. The van der Waals surface area contributed by atoms with E-state index in [2.05, 4.69) is 10.4 Å². The highest BCUT2D eigenvalue weighted by Gasteiger charge is 2.20. The quantitative estimate of drug-likeness (QED) is 0.839. The van der Waals surface area contributed by atoms with E-state index in [1.165, 1.54) is 0 Å². The highest BCUT2D eigenvalue weighted by Crippen LogP contribution is 2.22. The van der Waals surface area contributed by atoms with Gasteiger partial charge in [0.15, 0.2) is 0 Å². The molecule has 1 heterocycles. The molecule has 0 spiro atoms. The van der Waals surface area contributed by atoms with Crippen LogP contribution in [0.3, 0.4) is 0 Å². The van der Waals surface area contributed by atoms with Crippen molar-refractivity contribution < 1.29 is 4.79 Å². The van der Waals surface area contributed by atoms with Crippen LogP contribution in [0.2, 0.25) is 0 Å². The summed E-state index contributed by atoms with van der Waals surface area (Å²) in [7, 11) is 1.84. The minimum atomic E-state index is -0.0181. The minimum absolute atomic E-state index is 0.0181. The van der Waals surface area contributed by atoms with E-state index in [-0.39, 0.29) is 5.91 Å². The summed E-state index contributed by atoms with van der Waals surface area (Å²) in [5.74, 6) is 0.557. The second-order valence-electron chi connectivity index (χ2n) is 5.26. The first-order valence-corrected chi connectivity index (χ1v) is 6.60. The molecule has 1 aliphatic carbocycles. The molecular formula is C13H22N4O. The van der Waals surface area contributed by atoms with Gasteiger partial charge >= 0.3 is 0 Å². The SMILES string of the molecule is Cc1c(C(=O)NCC2CCC(N)CC2)cnn1C. The smallest absolute Gasteiger partial charge is 0.254 e. The fourth-order valence-corrected chi connectivity index (χ4v) is 2.45. The summed E-state index contributed by atoms with van der Waals surface area (Å²) in [6.45, 7) is 2.65. The van der Waals surface area contributed by atoms with Gasteiger partial charge in [0.25, 0.3) is 5.91 Å².